The average Bonchev–Trinajstić information content (AvgIpc) is 3.14. The minimum Gasteiger partial charge on any atom is -0.358 e. The molecule has 0 fully saturated rings. The van der Waals surface area contributed by atoms with Gasteiger partial charge in [-0.2, -0.15) is 5.10 Å². The Hall–Kier alpha value is -2.50. The molecule has 0 atom stereocenters. The zero-order valence-electron chi connectivity index (χ0n) is 11.8. The second-order valence-corrected chi connectivity index (χ2v) is 6.88. The van der Waals surface area contributed by atoms with Gasteiger partial charge >= 0.3 is 0 Å². The van der Waals surface area contributed by atoms with Crippen LogP contribution in [0.15, 0.2) is 41.7 Å². The van der Waals surface area contributed by atoms with E-state index >= 15 is 0 Å². The van der Waals surface area contributed by atoms with Crippen molar-refractivity contribution in [3.63, 3.8) is 0 Å². The molecular weight excluding hydrogens is 338 g/mol. The van der Waals surface area contributed by atoms with Crippen LogP contribution in [0.4, 0.5) is 5.69 Å². The molecule has 0 bridgehead atoms. The normalized spacial score (nSPS) is 11.5. The number of hydrogen-bond donors (Lipinski definition) is 2. The first-order valence-electron chi connectivity index (χ1n) is 6.65. The SMILES string of the molecule is [C-]#[N+]CCn1cc(S(=O)(=O)Nc2cccc3c(Cl)c[nH]c23)cn1. The van der Waals surface area contributed by atoms with E-state index in [4.69, 9.17) is 18.2 Å². The van der Waals surface area contributed by atoms with Gasteiger partial charge in [0.15, 0.2) is 0 Å². The van der Waals surface area contributed by atoms with Crippen molar-refractivity contribution in [1.29, 1.82) is 0 Å². The van der Waals surface area contributed by atoms with Crippen LogP contribution in [0.3, 0.4) is 0 Å². The van der Waals surface area contributed by atoms with Gasteiger partial charge in [0.2, 0.25) is 6.54 Å². The summed E-state index contributed by atoms with van der Waals surface area (Å²) >= 11 is 6.04. The highest BCUT2D eigenvalue weighted by atomic mass is 35.5. The molecule has 2 heterocycles. The van der Waals surface area contributed by atoms with Crippen molar-refractivity contribution in [2.45, 2.75) is 11.4 Å². The largest absolute Gasteiger partial charge is 0.358 e. The van der Waals surface area contributed by atoms with Crippen molar-refractivity contribution in [2.24, 2.45) is 0 Å². The fourth-order valence-electron chi connectivity index (χ4n) is 2.17. The van der Waals surface area contributed by atoms with Crippen LogP contribution in [0, 0.1) is 6.57 Å². The molecule has 1 aromatic carbocycles. The Labute approximate surface area is 137 Å². The number of fused-ring (bicyclic) bond motifs is 1. The molecule has 9 heteroatoms. The van der Waals surface area contributed by atoms with E-state index in [-0.39, 0.29) is 11.4 Å². The first-order chi connectivity index (χ1) is 11.0. The topological polar surface area (TPSA) is 84.1 Å². The maximum atomic E-state index is 12.5. The Bertz CT molecular complexity index is 1000. The van der Waals surface area contributed by atoms with E-state index in [1.54, 1.807) is 24.4 Å². The van der Waals surface area contributed by atoms with Crippen LogP contribution < -0.4 is 4.72 Å². The number of sulfonamides is 1. The third-order valence-electron chi connectivity index (χ3n) is 3.27. The van der Waals surface area contributed by atoms with Crippen LogP contribution in [-0.2, 0) is 16.6 Å². The number of H-pyrrole nitrogens is 1. The number of anilines is 1. The summed E-state index contributed by atoms with van der Waals surface area (Å²) in [6.07, 6.45) is 4.26. The highest BCUT2D eigenvalue weighted by Crippen LogP contribution is 2.29. The second-order valence-electron chi connectivity index (χ2n) is 4.79. The van der Waals surface area contributed by atoms with Gasteiger partial charge in [0, 0.05) is 17.8 Å². The highest BCUT2D eigenvalue weighted by molar-refractivity contribution is 7.92. The summed E-state index contributed by atoms with van der Waals surface area (Å²) < 4.78 is 28.9. The molecule has 0 aliphatic rings. The fraction of sp³-hybridized carbons (Fsp3) is 0.143. The lowest BCUT2D eigenvalue weighted by Crippen LogP contribution is -2.12. The predicted molar refractivity (Wildman–Crippen MR) is 87.8 cm³/mol. The van der Waals surface area contributed by atoms with Gasteiger partial charge in [0.25, 0.3) is 10.0 Å². The third-order valence-corrected chi connectivity index (χ3v) is 4.90. The maximum Gasteiger partial charge on any atom is 0.265 e. The van der Waals surface area contributed by atoms with Crippen LogP contribution in [0.1, 0.15) is 0 Å². The number of para-hydroxylation sites is 1. The van der Waals surface area contributed by atoms with Crippen LogP contribution in [0.25, 0.3) is 15.7 Å². The van der Waals surface area contributed by atoms with Crippen molar-refractivity contribution >= 4 is 38.2 Å². The van der Waals surface area contributed by atoms with Gasteiger partial charge in [-0.3, -0.25) is 9.40 Å². The number of nitrogens with one attached hydrogen (secondary N) is 2. The summed E-state index contributed by atoms with van der Waals surface area (Å²) in [6, 6.07) is 5.17. The molecule has 0 saturated heterocycles. The first-order valence-corrected chi connectivity index (χ1v) is 8.51. The number of nitrogens with zero attached hydrogens (tertiary/aromatic N) is 3. The Morgan fingerprint density at radius 2 is 2.26 bits per heavy atom. The molecule has 0 saturated carbocycles. The molecule has 0 radical (unpaired) electrons. The lowest BCUT2D eigenvalue weighted by Gasteiger charge is -2.07. The van der Waals surface area contributed by atoms with Crippen LogP contribution in [0.5, 0.6) is 0 Å². The van der Waals surface area contributed by atoms with Gasteiger partial charge in [0.05, 0.1) is 22.4 Å². The van der Waals surface area contributed by atoms with Gasteiger partial charge in [-0.15, -0.1) is 0 Å². The number of rotatable bonds is 5. The van der Waals surface area contributed by atoms with E-state index in [0.29, 0.717) is 22.8 Å². The molecule has 118 valence electrons. The van der Waals surface area contributed by atoms with Gasteiger partial charge in [0.1, 0.15) is 11.4 Å². The molecule has 0 aliphatic heterocycles. The summed E-state index contributed by atoms with van der Waals surface area (Å²) in [4.78, 5) is 6.20. The number of aromatic nitrogens is 3. The first kappa shape index (κ1) is 15.4. The fourth-order valence-corrected chi connectivity index (χ4v) is 3.40. The molecule has 0 spiro atoms. The predicted octanol–water partition coefficient (Wildman–Crippen LogP) is 2.74. The zero-order chi connectivity index (χ0) is 16.4. The zero-order valence-corrected chi connectivity index (χ0v) is 13.4. The molecule has 7 nitrogen and oxygen atoms in total. The number of benzene rings is 1. The third kappa shape index (κ3) is 3.02. The Morgan fingerprint density at radius 1 is 1.43 bits per heavy atom. The van der Waals surface area contributed by atoms with E-state index in [2.05, 4.69) is 19.6 Å². The van der Waals surface area contributed by atoms with Gasteiger partial charge < -0.3 is 9.83 Å². The highest BCUT2D eigenvalue weighted by Gasteiger charge is 2.18. The summed E-state index contributed by atoms with van der Waals surface area (Å²) in [6.45, 7) is 7.34. The minimum atomic E-state index is -3.77. The van der Waals surface area contributed by atoms with Crippen LogP contribution in [-0.4, -0.2) is 29.7 Å². The molecule has 23 heavy (non-hydrogen) atoms. The molecule has 3 rings (SSSR count). The van der Waals surface area contributed by atoms with Gasteiger partial charge in [-0.1, -0.05) is 23.7 Å². The van der Waals surface area contributed by atoms with E-state index in [9.17, 15) is 8.42 Å². The second kappa shape index (κ2) is 5.95. The lowest BCUT2D eigenvalue weighted by molar-refractivity contribution is 0.600. The van der Waals surface area contributed by atoms with E-state index < -0.39 is 10.0 Å². The quantitative estimate of drug-likeness (QED) is 0.694. The molecule has 2 aromatic heterocycles. The summed E-state index contributed by atoms with van der Waals surface area (Å²) in [5.74, 6) is 0. The van der Waals surface area contributed by atoms with Crippen molar-refractivity contribution in [3.05, 3.63) is 53.2 Å². The van der Waals surface area contributed by atoms with E-state index in [0.717, 1.165) is 5.39 Å². The Kier molecular flexibility index (Phi) is 3.98. The van der Waals surface area contributed by atoms with Crippen LogP contribution in [0.2, 0.25) is 5.02 Å². The monoisotopic (exact) mass is 349 g/mol. The number of hydrogen-bond acceptors (Lipinski definition) is 3. The van der Waals surface area contributed by atoms with Crippen molar-refractivity contribution in [3.8, 4) is 0 Å². The molecule has 0 amide bonds. The van der Waals surface area contributed by atoms with E-state index in [1.807, 2.05) is 0 Å². The Balaban J connectivity index is 1.91. The molecule has 2 N–H and O–H groups in total. The van der Waals surface area contributed by atoms with Crippen molar-refractivity contribution < 1.29 is 8.42 Å². The van der Waals surface area contributed by atoms with Crippen LogP contribution >= 0.6 is 11.6 Å². The van der Waals surface area contributed by atoms with Crippen molar-refractivity contribution in [2.75, 3.05) is 11.3 Å². The van der Waals surface area contributed by atoms with Crippen molar-refractivity contribution in [1.82, 2.24) is 14.8 Å². The summed E-state index contributed by atoms with van der Waals surface area (Å²) in [5.41, 5.74) is 1.02. The average molecular weight is 350 g/mol. The molecule has 3 aromatic rings. The smallest absolute Gasteiger partial charge is 0.265 e. The summed E-state index contributed by atoms with van der Waals surface area (Å²) in [7, 11) is -3.77. The van der Waals surface area contributed by atoms with Gasteiger partial charge in [-0.05, 0) is 6.07 Å². The van der Waals surface area contributed by atoms with E-state index in [1.165, 1.54) is 17.1 Å². The number of halogens is 1. The lowest BCUT2D eigenvalue weighted by atomic mass is 10.2. The molecule has 0 unspecified atom stereocenters. The molecule has 0 aliphatic carbocycles. The maximum absolute atomic E-state index is 12.5. The van der Waals surface area contributed by atoms with Gasteiger partial charge in [-0.25, -0.2) is 15.0 Å². The standard InChI is InChI=1S/C14H12ClN5O2S/c1-16-5-6-20-9-10(7-18-20)23(21,22)19-13-4-2-3-11-12(15)8-17-14(11)13/h2-4,7-9,17,19H,5-6H2. The summed E-state index contributed by atoms with van der Waals surface area (Å²) in [5, 5.41) is 5.21. The molecular formula is C14H12ClN5O2S. The Morgan fingerprint density at radius 3 is 3.04 bits per heavy atom. The minimum absolute atomic E-state index is 0.0390. The number of aromatic amines is 1.